The van der Waals surface area contributed by atoms with Crippen molar-refractivity contribution in [1.82, 2.24) is 4.90 Å². The second-order valence-corrected chi connectivity index (χ2v) is 6.35. The summed E-state index contributed by atoms with van der Waals surface area (Å²) in [4.78, 5) is 14.4. The number of hydrogen-bond donors (Lipinski definition) is 1. The van der Waals surface area contributed by atoms with Crippen LogP contribution < -0.4 is 4.74 Å². The fraction of sp³-hybridized carbons (Fsp3) is 0.350. The zero-order valence-electron chi connectivity index (χ0n) is 14.2. The van der Waals surface area contributed by atoms with Crippen molar-refractivity contribution in [3.8, 4) is 5.75 Å². The van der Waals surface area contributed by atoms with Gasteiger partial charge in [0.1, 0.15) is 11.6 Å². The molecule has 1 heterocycles. The lowest BCUT2D eigenvalue weighted by Crippen LogP contribution is -2.31. The molecule has 4 nitrogen and oxygen atoms in total. The third kappa shape index (κ3) is 4.17. The van der Waals surface area contributed by atoms with Crippen LogP contribution in [-0.2, 0) is 11.2 Å². The smallest absolute Gasteiger partial charge is 0.223 e. The van der Waals surface area contributed by atoms with Gasteiger partial charge in [0.05, 0.1) is 19.3 Å². The minimum atomic E-state index is -0.542. The molecule has 0 spiro atoms. The Bertz CT molecular complexity index is 715. The van der Waals surface area contributed by atoms with Crippen LogP contribution in [0.4, 0.5) is 4.39 Å². The Morgan fingerprint density at radius 1 is 1.20 bits per heavy atom. The van der Waals surface area contributed by atoms with Crippen molar-refractivity contribution in [1.29, 1.82) is 0 Å². The summed E-state index contributed by atoms with van der Waals surface area (Å²) >= 11 is 0. The van der Waals surface area contributed by atoms with Crippen molar-refractivity contribution in [2.75, 3.05) is 13.7 Å². The first-order valence-electron chi connectivity index (χ1n) is 8.42. The highest BCUT2D eigenvalue weighted by atomic mass is 19.1. The highest BCUT2D eigenvalue weighted by Gasteiger charge is 2.34. The first-order valence-corrected chi connectivity index (χ1v) is 8.42. The molecule has 2 aromatic rings. The highest BCUT2D eigenvalue weighted by molar-refractivity contribution is 5.77. The largest absolute Gasteiger partial charge is 0.497 e. The summed E-state index contributed by atoms with van der Waals surface area (Å²) in [6.45, 7) is 0.323. The molecule has 1 fully saturated rings. The number of halogens is 1. The van der Waals surface area contributed by atoms with Crippen LogP contribution in [0.15, 0.2) is 48.5 Å². The lowest BCUT2D eigenvalue weighted by atomic mass is 10.0. The van der Waals surface area contributed by atoms with E-state index in [1.807, 2.05) is 24.3 Å². The Morgan fingerprint density at radius 3 is 2.52 bits per heavy atom. The van der Waals surface area contributed by atoms with Crippen LogP contribution in [0.5, 0.6) is 5.75 Å². The van der Waals surface area contributed by atoms with Gasteiger partial charge in [-0.3, -0.25) is 4.79 Å². The van der Waals surface area contributed by atoms with E-state index < -0.39 is 6.10 Å². The SMILES string of the molecule is COc1ccc(CCC(=O)N2C[C@H](O)C[C@H]2c2ccc(F)cc2)cc1. The number of nitrogens with zero attached hydrogens (tertiary/aromatic N) is 1. The molecule has 1 aliphatic rings. The summed E-state index contributed by atoms with van der Waals surface area (Å²) in [5.74, 6) is 0.482. The number of aliphatic hydroxyl groups is 1. The van der Waals surface area contributed by atoms with Gasteiger partial charge in [0.2, 0.25) is 5.91 Å². The molecule has 0 saturated carbocycles. The maximum atomic E-state index is 13.1. The molecular formula is C20H22FNO3. The summed E-state index contributed by atoms with van der Waals surface area (Å²) in [7, 11) is 1.62. The van der Waals surface area contributed by atoms with Crippen LogP contribution in [0, 0.1) is 5.82 Å². The Balaban J connectivity index is 1.65. The molecule has 132 valence electrons. The van der Waals surface area contributed by atoms with E-state index in [1.54, 1.807) is 24.1 Å². The third-order valence-electron chi connectivity index (χ3n) is 4.64. The van der Waals surface area contributed by atoms with E-state index in [2.05, 4.69) is 0 Å². The quantitative estimate of drug-likeness (QED) is 0.908. The molecule has 5 heteroatoms. The van der Waals surface area contributed by atoms with E-state index in [4.69, 9.17) is 4.74 Å². The summed E-state index contributed by atoms with van der Waals surface area (Å²) in [6.07, 6.45) is 0.947. The number of methoxy groups -OCH3 is 1. The van der Waals surface area contributed by atoms with Crippen molar-refractivity contribution in [2.24, 2.45) is 0 Å². The van der Waals surface area contributed by atoms with Gasteiger partial charge in [0.25, 0.3) is 0 Å². The molecule has 0 aromatic heterocycles. The maximum absolute atomic E-state index is 13.1. The van der Waals surface area contributed by atoms with E-state index in [1.165, 1.54) is 12.1 Å². The van der Waals surface area contributed by atoms with Crippen molar-refractivity contribution < 1.29 is 19.0 Å². The van der Waals surface area contributed by atoms with Crippen LogP contribution in [0.3, 0.4) is 0 Å². The minimum Gasteiger partial charge on any atom is -0.497 e. The van der Waals surface area contributed by atoms with Crippen molar-refractivity contribution in [3.63, 3.8) is 0 Å². The Kier molecular flexibility index (Phi) is 5.34. The number of carbonyl (C=O) groups is 1. The summed E-state index contributed by atoms with van der Waals surface area (Å²) in [5, 5.41) is 10.00. The van der Waals surface area contributed by atoms with Crippen molar-refractivity contribution in [3.05, 3.63) is 65.5 Å². The second-order valence-electron chi connectivity index (χ2n) is 6.35. The number of ether oxygens (including phenoxy) is 1. The van der Waals surface area contributed by atoms with Crippen LogP contribution in [0.1, 0.15) is 30.0 Å². The molecule has 0 aliphatic carbocycles. The number of β-amino-alcohol motifs (C(OH)–C–C–N with tert-alkyl or cyclic N) is 1. The number of rotatable bonds is 5. The van der Waals surface area contributed by atoms with Gasteiger partial charge in [0.15, 0.2) is 0 Å². The lowest BCUT2D eigenvalue weighted by molar-refractivity contribution is -0.132. The fourth-order valence-electron chi connectivity index (χ4n) is 3.28. The number of amides is 1. The molecule has 0 radical (unpaired) electrons. The van der Waals surface area contributed by atoms with Crippen molar-refractivity contribution >= 4 is 5.91 Å². The van der Waals surface area contributed by atoms with Crippen molar-refractivity contribution in [2.45, 2.75) is 31.4 Å². The predicted molar refractivity (Wildman–Crippen MR) is 92.8 cm³/mol. The zero-order chi connectivity index (χ0) is 17.8. The predicted octanol–water partition coefficient (Wildman–Crippen LogP) is 3.10. The Morgan fingerprint density at radius 2 is 1.88 bits per heavy atom. The van der Waals surface area contributed by atoms with Crippen LogP contribution in [0.2, 0.25) is 0 Å². The number of aliphatic hydroxyl groups excluding tert-OH is 1. The van der Waals surface area contributed by atoms with Gasteiger partial charge in [-0.1, -0.05) is 24.3 Å². The van der Waals surface area contributed by atoms with Gasteiger partial charge >= 0.3 is 0 Å². The average Bonchev–Trinajstić information content (AvgIpc) is 3.02. The Hall–Kier alpha value is -2.40. The molecule has 0 bridgehead atoms. The standard InChI is InChI=1S/C20H22FNO3/c1-25-18-9-2-14(3-10-18)4-11-20(24)22-13-17(23)12-19(22)15-5-7-16(21)8-6-15/h2-3,5-10,17,19,23H,4,11-13H2,1H3/t17-,19+/m1/s1. The van der Waals surface area contributed by atoms with Crippen LogP contribution in [-0.4, -0.2) is 35.7 Å². The first-order chi connectivity index (χ1) is 12.1. The molecule has 1 amide bonds. The molecule has 2 atom stereocenters. The third-order valence-corrected chi connectivity index (χ3v) is 4.64. The summed E-state index contributed by atoms with van der Waals surface area (Å²) < 4.78 is 18.3. The molecule has 1 N–H and O–H groups in total. The minimum absolute atomic E-state index is 0.00157. The van der Waals surface area contributed by atoms with Gasteiger partial charge < -0.3 is 14.7 Å². The van der Waals surface area contributed by atoms with E-state index in [0.717, 1.165) is 16.9 Å². The average molecular weight is 343 g/mol. The summed E-state index contributed by atoms with van der Waals surface area (Å²) in [6, 6.07) is 13.6. The maximum Gasteiger partial charge on any atom is 0.223 e. The highest BCUT2D eigenvalue weighted by Crippen LogP contribution is 2.33. The van der Waals surface area contributed by atoms with E-state index in [-0.39, 0.29) is 17.8 Å². The molecular weight excluding hydrogens is 321 g/mol. The molecule has 25 heavy (non-hydrogen) atoms. The van der Waals surface area contributed by atoms with E-state index in [0.29, 0.717) is 25.8 Å². The Labute approximate surface area is 146 Å². The van der Waals surface area contributed by atoms with Gasteiger partial charge in [-0.25, -0.2) is 4.39 Å². The molecule has 3 rings (SSSR count). The number of benzene rings is 2. The number of carbonyl (C=O) groups excluding carboxylic acids is 1. The van der Waals surface area contributed by atoms with Crippen LogP contribution in [0.25, 0.3) is 0 Å². The number of hydrogen-bond acceptors (Lipinski definition) is 3. The number of aryl methyl sites for hydroxylation is 1. The number of likely N-dealkylation sites (tertiary alicyclic amines) is 1. The monoisotopic (exact) mass is 343 g/mol. The van der Waals surface area contributed by atoms with Gasteiger partial charge in [-0.15, -0.1) is 0 Å². The lowest BCUT2D eigenvalue weighted by Gasteiger charge is -2.25. The molecule has 2 aromatic carbocycles. The summed E-state index contributed by atoms with van der Waals surface area (Å²) in [5.41, 5.74) is 1.92. The topological polar surface area (TPSA) is 49.8 Å². The van der Waals surface area contributed by atoms with E-state index >= 15 is 0 Å². The van der Waals surface area contributed by atoms with Crippen LogP contribution >= 0.6 is 0 Å². The zero-order valence-corrected chi connectivity index (χ0v) is 14.2. The molecule has 1 aliphatic heterocycles. The fourth-order valence-corrected chi connectivity index (χ4v) is 3.28. The molecule has 0 unspecified atom stereocenters. The van der Waals surface area contributed by atoms with Gasteiger partial charge in [-0.2, -0.15) is 0 Å². The second kappa shape index (κ2) is 7.66. The van der Waals surface area contributed by atoms with Gasteiger partial charge in [-0.05, 0) is 48.2 Å². The van der Waals surface area contributed by atoms with E-state index in [9.17, 15) is 14.3 Å². The molecule has 1 saturated heterocycles. The normalized spacial score (nSPS) is 19.9. The first kappa shape index (κ1) is 17.4. The van der Waals surface area contributed by atoms with Gasteiger partial charge in [0, 0.05) is 13.0 Å².